The Balaban J connectivity index is 1.75. The number of benzene rings is 1. The highest BCUT2D eigenvalue weighted by Gasteiger charge is 2.38. The molecular formula is C23H30ClFN4O2. The van der Waals surface area contributed by atoms with Crippen molar-refractivity contribution in [3.05, 3.63) is 34.6 Å². The zero-order chi connectivity index (χ0) is 22.4. The molecule has 6 nitrogen and oxygen atoms in total. The van der Waals surface area contributed by atoms with Crippen LogP contribution in [0.15, 0.2) is 18.2 Å². The van der Waals surface area contributed by atoms with Gasteiger partial charge < -0.3 is 15.5 Å². The van der Waals surface area contributed by atoms with Crippen LogP contribution in [0.25, 0.3) is 0 Å². The molecule has 1 saturated carbocycles. The molecule has 3 rings (SSSR count). The summed E-state index contributed by atoms with van der Waals surface area (Å²) >= 11 is 5.79. The molecule has 2 fully saturated rings. The number of carbonyl (C=O) groups excluding carboxylic acids is 2. The van der Waals surface area contributed by atoms with E-state index in [9.17, 15) is 19.2 Å². The minimum atomic E-state index is -0.940. The molecule has 1 aromatic rings. The third kappa shape index (κ3) is 6.18. The van der Waals surface area contributed by atoms with Crippen LogP contribution in [-0.2, 0) is 4.79 Å². The summed E-state index contributed by atoms with van der Waals surface area (Å²) in [6.07, 6.45) is 6.94. The fraction of sp³-hybridized carbons (Fsp3) is 0.609. The normalized spacial score (nSPS) is 20.5. The first kappa shape index (κ1) is 23.5. The minimum Gasteiger partial charge on any atom is -0.340 e. The van der Waals surface area contributed by atoms with Gasteiger partial charge in [-0.05, 0) is 50.4 Å². The first-order valence-electron chi connectivity index (χ1n) is 11.0. The Bertz CT molecular complexity index is 842. The Morgan fingerprint density at radius 1 is 1.29 bits per heavy atom. The number of carbonyl (C=O) groups is 2. The van der Waals surface area contributed by atoms with Gasteiger partial charge in [0.25, 0.3) is 5.91 Å². The van der Waals surface area contributed by atoms with Crippen molar-refractivity contribution in [2.75, 3.05) is 20.1 Å². The van der Waals surface area contributed by atoms with Crippen LogP contribution in [0.1, 0.15) is 61.7 Å². The molecule has 1 heterocycles. The summed E-state index contributed by atoms with van der Waals surface area (Å²) in [6.45, 7) is 1.42. The number of rotatable bonds is 6. The van der Waals surface area contributed by atoms with E-state index in [-0.39, 0.29) is 16.5 Å². The van der Waals surface area contributed by atoms with Gasteiger partial charge in [0.15, 0.2) is 0 Å². The van der Waals surface area contributed by atoms with E-state index < -0.39 is 23.3 Å². The van der Waals surface area contributed by atoms with E-state index in [1.165, 1.54) is 18.6 Å². The highest BCUT2D eigenvalue weighted by atomic mass is 35.5. The lowest BCUT2D eigenvalue weighted by Gasteiger charge is -2.37. The van der Waals surface area contributed by atoms with Crippen molar-refractivity contribution in [3.8, 4) is 6.07 Å². The molecule has 1 unspecified atom stereocenters. The van der Waals surface area contributed by atoms with Crippen LogP contribution in [0.5, 0.6) is 0 Å². The van der Waals surface area contributed by atoms with Gasteiger partial charge >= 0.3 is 0 Å². The predicted octanol–water partition coefficient (Wildman–Crippen LogP) is 3.65. The zero-order valence-corrected chi connectivity index (χ0v) is 18.7. The molecule has 1 aliphatic heterocycles. The van der Waals surface area contributed by atoms with Gasteiger partial charge in [-0.2, -0.15) is 5.26 Å². The molecule has 1 aliphatic carbocycles. The lowest BCUT2D eigenvalue weighted by Crippen LogP contribution is -2.58. The molecule has 168 valence electrons. The molecule has 8 heteroatoms. The van der Waals surface area contributed by atoms with Crippen molar-refractivity contribution in [2.24, 2.45) is 5.92 Å². The Kier molecular flexibility index (Phi) is 7.90. The number of nitriles is 1. The molecule has 31 heavy (non-hydrogen) atoms. The summed E-state index contributed by atoms with van der Waals surface area (Å²) in [7, 11) is 1.98. The molecule has 1 saturated heterocycles. The molecule has 0 bridgehead atoms. The minimum absolute atomic E-state index is 0.153. The van der Waals surface area contributed by atoms with Gasteiger partial charge in [0.05, 0.1) is 11.6 Å². The highest BCUT2D eigenvalue weighted by molar-refractivity contribution is 6.30. The monoisotopic (exact) mass is 448 g/mol. The van der Waals surface area contributed by atoms with Crippen molar-refractivity contribution in [1.82, 2.24) is 15.5 Å². The number of piperidine rings is 1. The van der Waals surface area contributed by atoms with E-state index in [0.717, 1.165) is 31.7 Å². The second-order valence-electron chi connectivity index (χ2n) is 8.88. The first-order valence-corrected chi connectivity index (χ1v) is 11.4. The van der Waals surface area contributed by atoms with Gasteiger partial charge in [0.1, 0.15) is 17.4 Å². The van der Waals surface area contributed by atoms with Crippen LogP contribution in [0.3, 0.4) is 0 Å². The van der Waals surface area contributed by atoms with Gasteiger partial charge in [-0.3, -0.25) is 9.59 Å². The fourth-order valence-corrected chi connectivity index (χ4v) is 4.64. The first-order chi connectivity index (χ1) is 14.8. The van der Waals surface area contributed by atoms with E-state index in [2.05, 4.69) is 21.6 Å². The third-order valence-electron chi connectivity index (χ3n) is 6.51. The van der Waals surface area contributed by atoms with Crippen LogP contribution in [0.2, 0.25) is 5.02 Å². The lowest BCUT2D eigenvalue weighted by molar-refractivity contribution is -0.125. The molecule has 0 radical (unpaired) electrons. The molecule has 0 aromatic heterocycles. The largest absolute Gasteiger partial charge is 0.340 e. The Hall–Kier alpha value is -2.17. The SMILES string of the molecule is CN1CCC(C#N)(NC(=O)C(CC2CCCCC2)NC(=O)c2ccc(Cl)cc2F)CC1. The van der Waals surface area contributed by atoms with Crippen LogP contribution < -0.4 is 10.6 Å². The van der Waals surface area contributed by atoms with Crippen molar-refractivity contribution >= 4 is 23.4 Å². The summed E-state index contributed by atoms with van der Waals surface area (Å²) in [5, 5.41) is 15.6. The highest BCUT2D eigenvalue weighted by Crippen LogP contribution is 2.28. The second-order valence-corrected chi connectivity index (χ2v) is 9.31. The maximum atomic E-state index is 14.2. The second kappa shape index (κ2) is 10.4. The molecule has 1 aromatic carbocycles. The topological polar surface area (TPSA) is 85.2 Å². The Morgan fingerprint density at radius 3 is 2.58 bits per heavy atom. The summed E-state index contributed by atoms with van der Waals surface area (Å²) in [5.74, 6) is -1.44. The van der Waals surface area contributed by atoms with Crippen LogP contribution in [0.4, 0.5) is 4.39 Å². The van der Waals surface area contributed by atoms with E-state index in [1.807, 2.05) is 7.05 Å². The fourth-order valence-electron chi connectivity index (χ4n) is 4.49. The number of nitrogens with one attached hydrogen (secondary N) is 2. The van der Waals surface area contributed by atoms with Crippen LogP contribution >= 0.6 is 11.6 Å². The number of hydrogen-bond donors (Lipinski definition) is 2. The molecular weight excluding hydrogens is 419 g/mol. The Labute approximate surface area is 188 Å². The van der Waals surface area contributed by atoms with Crippen molar-refractivity contribution in [1.29, 1.82) is 5.26 Å². The molecule has 2 N–H and O–H groups in total. The van der Waals surface area contributed by atoms with E-state index in [0.29, 0.717) is 38.3 Å². The number of likely N-dealkylation sites (tertiary alicyclic amines) is 1. The summed E-state index contributed by atoms with van der Waals surface area (Å²) in [6, 6.07) is 5.30. The number of amides is 2. The predicted molar refractivity (Wildman–Crippen MR) is 117 cm³/mol. The maximum Gasteiger partial charge on any atom is 0.254 e. The summed E-state index contributed by atoms with van der Waals surface area (Å²) < 4.78 is 14.2. The molecule has 1 atom stereocenters. The van der Waals surface area contributed by atoms with E-state index in [4.69, 9.17) is 11.6 Å². The lowest BCUT2D eigenvalue weighted by atomic mass is 9.84. The van der Waals surface area contributed by atoms with Gasteiger partial charge in [-0.15, -0.1) is 0 Å². The average molecular weight is 449 g/mol. The van der Waals surface area contributed by atoms with Gasteiger partial charge in [0, 0.05) is 18.1 Å². The molecule has 2 amide bonds. The van der Waals surface area contributed by atoms with Gasteiger partial charge in [-0.25, -0.2) is 4.39 Å². The summed E-state index contributed by atoms with van der Waals surface area (Å²) in [4.78, 5) is 28.1. The summed E-state index contributed by atoms with van der Waals surface area (Å²) in [5.41, 5.74) is -1.09. The maximum absolute atomic E-state index is 14.2. The van der Waals surface area contributed by atoms with E-state index >= 15 is 0 Å². The van der Waals surface area contributed by atoms with Crippen molar-refractivity contribution in [3.63, 3.8) is 0 Å². The van der Waals surface area contributed by atoms with Gasteiger partial charge in [0.2, 0.25) is 5.91 Å². The van der Waals surface area contributed by atoms with Crippen molar-refractivity contribution in [2.45, 2.75) is 62.9 Å². The van der Waals surface area contributed by atoms with E-state index in [1.54, 1.807) is 0 Å². The van der Waals surface area contributed by atoms with Crippen LogP contribution in [-0.4, -0.2) is 48.4 Å². The van der Waals surface area contributed by atoms with Crippen LogP contribution in [0, 0.1) is 23.1 Å². The quantitative estimate of drug-likeness (QED) is 0.695. The smallest absolute Gasteiger partial charge is 0.254 e. The average Bonchev–Trinajstić information content (AvgIpc) is 2.75. The van der Waals surface area contributed by atoms with Crippen molar-refractivity contribution < 1.29 is 14.0 Å². The third-order valence-corrected chi connectivity index (χ3v) is 6.74. The number of hydrogen-bond acceptors (Lipinski definition) is 4. The number of halogens is 2. The standard InChI is InChI=1S/C23H30ClFN4O2/c1-29-11-9-23(15-26,10-12-29)28-22(31)20(13-16-5-3-2-4-6-16)27-21(30)18-8-7-17(24)14-19(18)25/h7-8,14,16,20H,2-6,9-13H2,1H3,(H,27,30)(H,28,31). The zero-order valence-electron chi connectivity index (χ0n) is 17.9. The Morgan fingerprint density at radius 2 is 1.97 bits per heavy atom. The number of nitrogens with zero attached hydrogens (tertiary/aromatic N) is 2. The molecule has 0 spiro atoms. The molecule has 2 aliphatic rings. The van der Waals surface area contributed by atoms with Gasteiger partial charge in [-0.1, -0.05) is 43.7 Å².